The number of hydroxylamine groups is 4. The van der Waals surface area contributed by atoms with Crippen LogP contribution in [0.1, 0.15) is 12.8 Å². The smallest absolute Gasteiger partial charge is 0.255 e. The van der Waals surface area contributed by atoms with Gasteiger partial charge in [-0.2, -0.15) is 10.0 Å². The van der Waals surface area contributed by atoms with Crippen molar-refractivity contribution in [2.45, 2.75) is 19.1 Å². The van der Waals surface area contributed by atoms with Crippen LogP contribution in [0.3, 0.4) is 0 Å². The molecule has 2 fully saturated rings. The van der Waals surface area contributed by atoms with Crippen LogP contribution in [0.25, 0.3) is 0 Å². The van der Waals surface area contributed by atoms with Gasteiger partial charge in [0.1, 0.15) is 6.23 Å². The van der Waals surface area contributed by atoms with Gasteiger partial charge < -0.3 is 4.74 Å². The van der Waals surface area contributed by atoms with Crippen LogP contribution in [0, 0.1) is 0 Å². The maximum Gasteiger partial charge on any atom is 0.255 e. The summed E-state index contributed by atoms with van der Waals surface area (Å²) in [7, 11) is 3.81. The van der Waals surface area contributed by atoms with E-state index in [1.165, 1.54) is 0 Å². The number of nitrogens with zero attached hydrogens (tertiary/aromatic N) is 3. The molecule has 0 aromatic carbocycles. The van der Waals surface area contributed by atoms with Gasteiger partial charge in [0, 0.05) is 12.8 Å². The van der Waals surface area contributed by atoms with Gasteiger partial charge in [0.25, 0.3) is 11.8 Å². The summed E-state index contributed by atoms with van der Waals surface area (Å²) in [6.45, 7) is 1.56. The summed E-state index contributed by atoms with van der Waals surface area (Å²) in [5, 5.41) is 2.45. The molecule has 0 aliphatic carbocycles. The third-order valence-corrected chi connectivity index (χ3v) is 2.79. The van der Waals surface area contributed by atoms with E-state index in [9.17, 15) is 9.59 Å². The first kappa shape index (κ1) is 12.4. The van der Waals surface area contributed by atoms with Crippen LogP contribution in [0.15, 0.2) is 0 Å². The number of ether oxygens (including phenoxy) is 1. The zero-order chi connectivity index (χ0) is 12.4. The Labute approximate surface area is 99.7 Å². The predicted molar refractivity (Wildman–Crippen MR) is 57.2 cm³/mol. The number of imide groups is 1. The van der Waals surface area contributed by atoms with Crippen molar-refractivity contribution in [3.63, 3.8) is 0 Å². The van der Waals surface area contributed by atoms with E-state index < -0.39 is 0 Å². The standard InChI is InChI=1S/C10H17N3O4/c1-11(2)10-7-12(5-6-16-10)17-13-8(14)3-4-9(13)15/h10H,3-7H2,1-2H3. The minimum atomic E-state index is -0.275. The second kappa shape index (κ2) is 5.09. The third-order valence-electron chi connectivity index (χ3n) is 2.79. The van der Waals surface area contributed by atoms with Crippen molar-refractivity contribution in [1.29, 1.82) is 0 Å². The molecule has 2 aliphatic rings. The van der Waals surface area contributed by atoms with Crippen LogP contribution in [-0.4, -0.2) is 66.9 Å². The molecule has 2 heterocycles. The molecule has 0 saturated carbocycles. The Kier molecular flexibility index (Phi) is 3.72. The SMILES string of the molecule is CN(C)C1CN(ON2C(=O)CCC2=O)CCO1. The van der Waals surface area contributed by atoms with E-state index in [-0.39, 0.29) is 30.9 Å². The number of amides is 2. The highest BCUT2D eigenvalue weighted by Crippen LogP contribution is 2.15. The van der Waals surface area contributed by atoms with Crippen LogP contribution in [0.2, 0.25) is 0 Å². The highest BCUT2D eigenvalue weighted by atomic mass is 16.8. The molecule has 7 nitrogen and oxygen atoms in total. The molecule has 0 aromatic rings. The van der Waals surface area contributed by atoms with E-state index >= 15 is 0 Å². The van der Waals surface area contributed by atoms with Crippen molar-refractivity contribution in [1.82, 2.24) is 15.0 Å². The zero-order valence-corrected chi connectivity index (χ0v) is 10.1. The molecule has 2 rings (SSSR count). The number of hydrogen-bond donors (Lipinski definition) is 0. The molecule has 1 atom stereocenters. The highest BCUT2D eigenvalue weighted by molar-refractivity contribution is 6.00. The second-order valence-corrected chi connectivity index (χ2v) is 4.34. The van der Waals surface area contributed by atoms with Crippen molar-refractivity contribution >= 4 is 11.8 Å². The van der Waals surface area contributed by atoms with Crippen molar-refractivity contribution < 1.29 is 19.3 Å². The molecule has 1 unspecified atom stereocenters. The quantitative estimate of drug-likeness (QED) is 0.605. The normalized spacial score (nSPS) is 27.2. The summed E-state index contributed by atoms with van der Waals surface area (Å²) in [4.78, 5) is 30.0. The minimum Gasteiger partial charge on any atom is -0.360 e. The van der Waals surface area contributed by atoms with E-state index in [4.69, 9.17) is 9.68 Å². The van der Waals surface area contributed by atoms with Gasteiger partial charge >= 0.3 is 0 Å². The monoisotopic (exact) mass is 243 g/mol. The molecule has 2 amide bonds. The fraction of sp³-hybridized carbons (Fsp3) is 0.800. The molecular formula is C10H17N3O4. The number of rotatable bonds is 3. The molecule has 0 N–H and O–H groups in total. The van der Waals surface area contributed by atoms with Crippen LogP contribution in [0.4, 0.5) is 0 Å². The predicted octanol–water partition coefficient (Wildman–Crippen LogP) is -0.798. The first-order valence-corrected chi connectivity index (χ1v) is 5.65. The van der Waals surface area contributed by atoms with E-state index in [1.807, 2.05) is 19.0 Å². The summed E-state index contributed by atoms with van der Waals surface area (Å²) < 4.78 is 5.50. The van der Waals surface area contributed by atoms with Crippen molar-refractivity contribution in [2.75, 3.05) is 33.8 Å². The van der Waals surface area contributed by atoms with Gasteiger partial charge in [-0.1, -0.05) is 0 Å². The fourth-order valence-electron chi connectivity index (χ4n) is 1.76. The van der Waals surface area contributed by atoms with Crippen LogP contribution in [0.5, 0.6) is 0 Å². The summed E-state index contributed by atoms with van der Waals surface area (Å²) in [5.41, 5.74) is 0. The lowest BCUT2D eigenvalue weighted by molar-refractivity contribution is -0.321. The lowest BCUT2D eigenvalue weighted by Gasteiger charge is -2.35. The van der Waals surface area contributed by atoms with Crippen LogP contribution in [-0.2, 0) is 19.3 Å². The van der Waals surface area contributed by atoms with Crippen molar-refractivity contribution in [2.24, 2.45) is 0 Å². The van der Waals surface area contributed by atoms with Crippen molar-refractivity contribution in [3.8, 4) is 0 Å². The van der Waals surface area contributed by atoms with Gasteiger partial charge in [-0.05, 0) is 14.1 Å². The second-order valence-electron chi connectivity index (χ2n) is 4.34. The minimum absolute atomic E-state index is 0.0865. The molecule has 7 heteroatoms. The Balaban J connectivity index is 1.90. The average Bonchev–Trinajstić information content (AvgIpc) is 2.61. The first-order valence-electron chi connectivity index (χ1n) is 5.65. The van der Waals surface area contributed by atoms with Gasteiger partial charge in [-0.15, -0.1) is 5.06 Å². The van der Waals surface area contributed by atoms with Crippen molar-refractivity contribution in [3.05, 3.63) is 0 Å². The lowest BCUT2D eigenvalue weighted by Crippen LogP contribution is -2.51. The number of hydrogen-bond acceptors (Lipinski definition) is 6. The maximum absolute atomic E-state index is 11.4. The van der Waals surface area contributed by atoms with Gasteiger partial charge in [0.05, 0.1) is 19.7 Å². The summed E-state index contributed by atoms with van der Waals surface area (Å²) >= 11 is 0. The van der Waals surface area contributed by atoms with Gasteiger partial charge in [0.2, 0.25) is 0 Å². The maximum atomic E-state index is 11.4. The molecule has 0 spiro atoms. The lowest BCUT2D eigenvalue weighted by atomic mass is 10.4. The van der Waals surface area contributed by atoms with E-state index in [1.54, 1.807) is 5.06 Å². The summed E-state index contributed by atoms with van der Waals surface area (Å²) in [6.07, 6.45) is 0.386. The molecule has 0 radical (unpaired) electrons. The van der Waals surface area contributed by atoms with Crippen LogP contribution >= 0.6 is 0 Å². The topological polar surface area (TPSA) is 62.3 Å². The largest absolute Gasteiger partial charge is 0.360 e. The molecule has 2 saturated heterocycles. The molecule has 0 bridgehead atoms. The molecule has 96 valence electrons. The molecule has 17 heavy (non-hydrogen) atoms. The Morgan fingerprint density at radius 3 is 2.53 bits per heavy atom. The Morgan fingerprint density at radius 2 is 1.94 bits per heavy atom. The molecular weight excluding hydrogens is 226 g/mol. The average molecular weight is 243 g/mol. The summed E-state index contributed by atoms with van der Waals surface area (Å²) in [6, 6.07) is 0. The Bertz CT molecular complexity index is 305. The number of morpholine rings is 1. The number of carbonyl (C=O) groups is 2. The van der Waals surface area contributed by atoms with Gasteiger partial charge in [-0.25, -0.2) is 0 Å². The Morgan fingerprint density at radius 1 is 1.29 bits per heavy atom. The highest BCUT2D eigenvalue weighted by Gasteiger charge is 2.34. The van der Waals surface area contributed by atoms with E-state index in [2.05, 4.69) is 0 Å². The van der Waals surface area contributed by atoms with Gasteiger partial charge in [0.15, 0.2) is 0 Å². The first-order chi connectivity index (χ1) is 8.08. The van der Waals surface area contributed by atoms with Crippen LogP contribution < -0.4 is 0 Å². The molecule has 2 aliphatic heterocycles. The van der Waals surface area contributed by atoms with E-state index in [0.717, 1.165) is 5.06 Å². The zero-order valence-electron chi connectivity index (χ0n) is 10.1. The number of carbonyl (C=O) groups excluding carboxylic acids is 2. The van der Waals surface area contributed by atoms with E-state index in [0.29, 0.717) is 19.7 Å². The third kappa shape index (κ3) is 2.81. The number of likely N-dealkylation sites (N-methyl/N-ethyl adjacent to an activating group) is 1. The van der Waals surface area contributed by atoms with Gasteiger partial charge in [-0.3, -0.25) is 14.5 Å². The summed E-state index contributed by atoms with van der Waals surface area (Å²) in [5.74, 6) is -0.550. The molecule has 0 aromatic heterocycles. The fourth-order valence-corrected chi connectivity index (χ4v) is 1.76. The Hall–Kier alpha value is -1.02.